The van der Waals surface area contributed by atoms with Gasteiger partial charge in [-0.25, -0.2) is 0 Å². The van der Waals surface area contributed by atoms with Crippen molar-refractivity contribution in [3.05, 3.63) is 29.6 Å². The van der Waals surface area contributed by atoms with Gasteiger partial charge in [-0.2, -0.15) is 0 Å². The van der Waals surface area contributed by atoms with Crippen LogP contribution in [0.3, 0.4) is 0 Å². The lowest BCUT2D eigenvalue weighted by Crippen LogP contribution is -1.94. The average molecular weight is 161 g/mol. The van der Waals surface area contributed by atoms with Gasteiger partial charge in [-0.05, 0) is 25.0 Å². The van der Waals surface area contributed by atoms with Crippen LogP contribution in [0.15, 0.2) is 18.2 Å². The zero-order chi connectivity index (χ0) is 8.39. The Morgan fingerprint density at radius 3 is 3.00 bits per heavy atom. The lowest BCUT2D eigenvalue weighted by molar-refractivity contribution is -0.107. The Bertz CT molecular complexity index is 292. The molecule has 0 atom stereocenters. The van der Waals surface area contributed by atoms with E-state index in [1.807, 2.05) is 18.2 Å². The molecule has 0 radical (unpaired) electrons. The van der Waals surface area contributed by atoms with Gasteiger partial charge in [0.1, 0.15) is 6.29 Å². The maximum atomic E-state index is 10.2. The number of hydrogen-bond donors (Lipinski definition) is 0. The van der Waals surface area contributed by atoms with Gasteiger partial charge in [-0.15, -0.1) is 0 Å². The van der Waals surface area contributed by atoms with Crippen LogP contribution in [0, 0.1) is 0 Å². The van der Waals surface area contributed by atoms with Crippen molar-refractivity contribution < 1.29 is 4.79 Å². The van der Waals surface area contributed by atoms with Crippen LogP contribution in [0.5, 0.6) is 0 Å². The minimum atomic E-state index is 0.445. The second-order valence-electron chi connectivity index (χ2n) is 3.20. The molecule has 0 aliphatic heterocycles. The van der Waals surface area contributed by atoms with Crippen molar-refractivity contribution in [3.63, 3.8) is 0 Å². The first-order valence-electron chi connectivity index (χ1n) is 4.29. The summed E-state index contributed by atoms with van der Waals surface area (Å²) in [7, 11) is 0. The van der Waals surface area contributed by atoms with E-state index in [0.717, 1.165) is 17.7 Å². The first-order valence-corrected chi connectivity index (χ1v) is 4.29. The molecule has 2 nitrogen and oxygen atoms in total. The molecule has 2 rings (SSSR count). The fraction of sp³-hybridized carbons (Fsp3) is 0.400. The van der Waals surface area contributed by atoms with E-state index in [2.05, 4.69) is 4.98 Å². The molecule has 1 heterocycles. The molecule has 1 aliphatic carbocycles. The van der Waals surface area contributed by atoms with E-state index >= 15 is 0 Å². The highest BCUT2D eigenvalue weighted by molar-refractivity contribution is 5.53. The molecule has 1 aromatic rings. The first-order chi connectivity index (χ1) is 5.90. The number of carbonyl (C=O) groups excluding carboxylic acids is 1. The quantitative estimate of drug-likeness (QED) is 0.631. The first kappa shape index (κ1) is 7.47. The summed E-state index contributed by atoms with van der Waals surface area (Å²) < 4.78 is 0. The van der Waals surface area contributed by atoms with Gasteiger partial charge >= 0.3 is 0 Å². The van der Waals surface area contributed by atoms with Gasteiger partial charge in [0.15, 0.2) is 0 Å². The van der Waals surface area contributed by atoms with E-state index in [0.29, 0.717) is 12.3 Å². The summed E-state index contributed by atoms with van der Waals surface area (Å²) in [6.45, 7) is 0. The molecule has 1 aromatic heterocycles. The maximum Gasteiger partial charge on any atom is 0.125 e. The van der Waals surface area contributed by atoms with Crippen LogP contribution in [-0.4, -0.2) is 11.3 Å². The van der Waals surface area contributed by atoms with E-state index in [4.69, 9.17) is 0 Å². The van der Waals surface area contributed by atoms with Crippen LogP contribution < -0.4 is 0 Å². The van der Waals surface area contributed by atoms with Crippen molar-refractivity contribution in [3.8, 4) is 0 Å². The lowest BCUT2D eigenvalue weighted by Gasteiger charge is -1.98. The molecule has 2 heteroatoms. The van der Waals surface area contributed by atoms with Crippen molar-refractivity contribution in [1.29, 1.82) is 0 Å². The third-order valence-electron chi connectivity index (χ3n) is 2.12. The third kappa shape index (κ3) is 1.52. The Hall–Kier alpha value is -1.18. The zero-order valence-electron chi connectivity index (χ0n) is 6.86. The van der Waals surface area contributed by atoms with E-state index in [1.54, 1.807) is 0 Å². The second kappa shape index (κ2) is 3.05. The Kier molecular flexibility index (Phi) is 1.90. The minimum Gasteiger partial charge on any atom is -0.303 e. The van der Waals surface area contributed by atoms with E-state index in [9.17, 15) is 4.79 Å². The molecule has 0 amide bonds. The summed E-state index contributed by atoms with van der Waals surface area (Å²) in [4.78, 5) is 14.6. The Morgan fingerprint density at radius 1 is 1.50 bits per heavy atom. The molecular weight excluding hydrogens is 150 g/mol. The van der Waals surface area contributed by atoms with Crippen molar-refractivity contribution >= 4 is 6.29 Å². The fourth-order valence-electron chi connectivity index (χ4n) is 1.30. The van der Waals surface area contributed by atoms with Gasteiger partial charge in [-0.1, -0.05) is 6.07 Å². The number of hydrogen-bond acceptors (Lipinski definition) is 2. The Balaban J connectivity index is 2.20. The van der Waals surface area contributed by atoms with Crippen LogP contribution in [0.1, 0.15) is 30.1 Å². The highest BCUT2D eigenvalue weighted by Crippen LogP contribution is 2.38. The van der Waals surface area contributed by atoms with Gasteiger partial charge in [0.25, 0.3) is 0 Å². The molecule has 1 aliphatic rings. The summed E-state index contributed by atoms with van der Waals surface area (Å²) in [6.07, 6.45) is 3.87. The van der Waals surface area contributed by atoms with Crippen LogP contribution in [0.25, 0.3) is 0 Å². The van der Waals surface area contributed by atoms with Crippen molar-refractivity contribution in [1.82, 2.24) is 4.98 Å². The molecular formula is C10H11NO. The maximum absolute atomic E-state index is 10.2. The largest absolute Gasteiger partial charge is 0.303 e. The summed E-state index contributed by atoms with van der Waals surface area (Å²) >= 11 is 0. The number of carbonyl (C=O) groups is 1. The van der Waals surface area contributed by atoms with Gasteiger partial charge in [0, 0.05) is 23.7 Å². The summed E-state index contributed by atoms with van der Waals surface area (Å²) in [5.41, 5.74) is 2.06. The van der Waals surface area contributed by atoms with Crippen molar-refractivity contribution in [2.75, 3.05) is 0 Å². The number of aromatic nitrogens is 1. The van der Waals surface area contributed by atoms with E-state index in [1.165, 1.54) is 12.8 Å². The molecule has 1 saturated carbocycles. The number of nitrogens with zero attached hydrogens (tertiary/aromatic N) is 1. The Morgan fingerprint density at radius 2 is 2.33 bits per heavy atom. The number of aldehydes is 1. The molecule has 0 aromatic carbocycles. The number of pyridine rings is 1. The minimum absolute atomic E-state index is 0.445. The summed E-state index contributed by atoms with van der Waals surface area (Å²) in [5.74, 6) is 0.677. The summed E-state index contributed by atoms with van der Waals surface area (Å²) in [6, 6.07) is 5.94. The molecule has 0 bridgehead atoms. The van der Waals surface area contributed by atoms with Crippen molar-refractivity contribution in [2.45, 2.75) is 25.2 Å². The smallest absolute Gasteiger partial charge is 0.125 e. The average Bonchev–Trinajstić information content (AvgIpc) is 2.88. The van der Waals surface area contributed by atoms with Crippen LogP contribution in [-0.2, 0) is 11.2 Å². The SMILES string of the molecule is O=CCc1cccc(C2CC2)n1. The lowest BCUT2D eigenvalue weighted by atomic mass is 10.2. The van der Waals surface area contributed by atoms with Crippen molar-refractivity contribution in [2.24, 2.45) is 0 Å². The monoisotopic (exact) mass is 161 g/mol. The van der Waals surface area contributed by atoms with Gasteiger partial charge in [0.2, 0.25) is 0 Å². The molecule has 0 spiro atoms. The van der Waals surface area contributed by atoms with Crippen LogP contribution >= 0.6 is 0 Å². The predicted molar refractivity (Wildman–Crippen MR) is 46.0 cm³/mol. The van der Waals surface area contributed by atoms with Gasteiger partial charge in [-0.3, -0.25) is 4.98 Å². The van der Waals surface area contributed by atoms with E-state index in [-0.39, 0.29) is 0 Å². The third-order valence-corrected chi connectivity index (χ3v) is 2.12. The second-order valence-corrected chi connectivity index (χ2v) is 3.20. The normalized spacial score (nSPS) is 16.0. The zero-order valence-corrected chi connectivity index (χ0v) is 6.86. The standard InChI is InChI=1S/C10H11NO/c12-7-6-9-2-1-3-10(11-9)8-4-5-8/h1-3,7-8H,4-6H2. The topological polar surface area (TPSA) is 30.0 Å². The fourth-order valence-corrected chi connectivity index (χ4v) is 1.30. The molecule has 12 heavy (non-hydrogen) atoms. The predicted octanol–water partition coefficient (Wildman–Crippen LogP) is 1.70. The molecule has 0 unspecified atom stereocenters. The van der Waals surface area contributed by atoms with Gasteiger partial charge in [0.05, 0.1) is 0 Å². The van der Waals surface area contributed by atoms with Crippen LogP contribution in [0.4, 0.5) is 0 Å². The van der Waals surface area contributed by atoms with Gasteiger partial charge < -0.3 is 4.79 Å². The highest BCUT2D eigenvalue weighted by atomic mass is 16.1. The van der Waals surface area contributed by atoms with E-state index < -0.39 is 0 Å². The number of rotatable bonds is 3. The molecule has 62 valence electrons. The van der Waals surface area contributed by atoms with Crippen LogP contribution in [0.2, 0.25) is 0 Å². The molecule has 0 saturated heterocycles. The molecule has 0 N–H and O–H groups in total. The Labute approximate surface area is 71.6 Å². The highest BCUT2D eigenvalue weighted by Gasteiger charge is 2.24. The summed E-state index contributed by atoms with van der Waals surface area (Å²) in [5, 5.41) is 0. The molecule has 1 fully saturated rings.